The molecular weight excluding hydrogens is 254 g/mol. The summed E-state index contributed by atoms with van der Waals surface area (Å²) in [5.41, 5.74) is 1.20. The van der Waals surface area contributed by atoms with E-state index in [2.05, 4.69) is 15.5 Å². The molecule has 1 fully saturated rings. The van der Waals surface area contributed by atoms with Gasteiger partial charge in [-0.05, 0) is 18.4 Å². The van der Waals surface area contributed by atoms with Crippen molar-refractivity contribution in [2.24, 2.45) is 0 Å². The van der Waals surface area contributed by atoms with Crippen molar-refractivity contribution < 1.29 is 13.2 Å². The molecule has 1 aliphatic heterocycles. The van der Waals surface area contributed by atoms with E-state index in [0.29, 0.717) is 12.1 Å². The minimum Gasteiger partial charge on any atom is -0.347 e. The van der Waals surface area contributed by atoms with Gasteiger partial charge in [-0.25, -0.2) is 8.42 Å². The number of carbonyl (C=O) groups is 1. The lowest BCUT2D eigenvalue weighted by Gasteiger charge is -2.08. The van der Waals surface area contributed by atoms with Crippen LogP contribution < -0.4 is 5.32 Å². The molecule has 7 heteroatoms. The first-order valence-electron chi connectivity index (χ1n) is 5.94. The van der Waals surface area contributed by atoms with Crippen LogP contribution in [0.4, 0.5) is 0 Å². The second-order valence-corrected chi connectivity index (χ2v) is 7.17. The molecular formula is C11H17N3O3S. The van der Waals surface area contributed by atoms with Crippen molar-refractivity contribution in [3.63, 3.8) is 0 Å². The van der Waals surface area contributed by atoms with Crippen molar-refractivity contribution >= 4 is 15.7 Å². The van der Waals surface area contributed by atoms with Gasteiger partial charge in [0.25, 0.3) is 5.91 Å². The Bertz CT molecular complexity index is 548. The number of carbonyl (C=O) groups excluding carboxylic acids is 1. The second-order valence-electron chi connectivity index (χ2n) is 4.94. The SMILES string of the molecule is CC(C)c1cc(C(=O)N[C@@H]2CCS(=O)(=O)C2)n[nH]1. The van der Waals surface area contributed by atoms with Gasteiger partial charge >= 0.3 is 0 Å². The maximum atomic E-state index is 11.9. The van der Waals surface area contributed by atoms with Crippen LogP contribution in [0.3, 0.4) is 0 Å². The summed E-state index contributed by atoms with van der Waals surface area (Å²) in [7, 11) is -2.97. The van der Waals surface area contributed by atoms with Gasteiger partial charge < -0.3 is 5.32 Å². The molecule has 0 radical (unpaired) electrons. The largest absolute Gasteiger partial charge is 0.347 e. The van der Waals surface area contributed by atoms with Crippen LogP contribution in [0.2, 0.25) is 0 Å². The van der Waals surface area contributed by atoms with E-state index < -0.39 is 9.84 Å². The van der Waals surface area contributed by atoms with Gasteiger partial charge in [0.2, 0.25) is 0 Å². The van der Waals surface area contributed by atoms with Crippen LogP contribution in [0.5, 0.6) is 0 Å². The monoisotopic (exact) mass is 271 g/mol. The molecule has 2 heterocycles. The average Bonchev–Trinajstić information content (AvgIpc) is 2.85. The van der Waals surface area contributed by atoms with Gasteiger partial charge in [-0.15, -0.1) is 0 Å². The van der Waals surface area contributed by atoms with Crippen LogP contribution in [0.25, 0.3) is 0 Å². The molecule has 1 atom stereocenters. The van der Waals surface area contributed by atoms with Crippen LogP contribution in [0, 0.1) is 0 Å². The Morgan fingerprint density at radius 2 is 2.28 bits per heavy atom. The molecule has 100 valence electrons. The molecule has 0 saturated carbocycles. The average molecular weight is 271 g/mol. The van der Waals surface area contributed by atoms with Gasteiger partial charge in [0.15, 0.2) is 9.84 Å². The van der Waals surface area contributed by atoms with Gasteiger partial charge in [-0.2, -0.15) is 5.10 Å². The molecule has 0 aromatic carbocycles. The van der Waals surface area contributed by atoms with E-state index in [-0.39, 0.29) is 29.4 Å². The molecule has 1 aromatic rings. The molecule has 0 spiro atoms. The Hall–Kier alpha value is -1.37. The van der Waals surface area contributed by atoms with Crippen molar-refractivity contribution in [1.29, 1.82) is 0 Å². The first kappa shape index (κ1) is 13.1. The van der Waals surface area contributed by atoms with Crippen molar-refractivity contribution in [3.8, 4) is 0 Å². The van der Waals surface area contributed by atoms with Gasteiger partial charge in [0.05, 0.1) is 11.5 Å². The number of aromatic nitrogens is 2. The number of H-pyrrole nitrogens is 1. The van der Waals surface area contributed by atoms with E-state index in [0.717, 1.165) is 5.69 Å². The van der Waals surface area contributed by atoms with E-state index >= 15 is 0 Å². The Kier molecular flexibility index (Phi) is 3.43. The fourth-order valence-electron chi connectivity index (χ4n) is 1.92. The molecule has 1 saturated heterocycles. The van der Waals surface area contributed by atoms with Crippen molar-refractivity contribution in [2.45, 2.75) is 32.2 Å². The molecule has 1 aromatic heterocycles. The standard InChI is InChI=1S/C11H17N3O3S/c1-7(2)9-5-10(14-13-9)11(15)12-8-3-4-18(16,17)6-8/h5,7-8H,3-4,6H2,1-2H3,(H,12,15)(H,13,14)/t8-/m1/s1. The number of hydrogen-bond donors (Lipinski definition) is 2. The highest BCUT2D eigenvalue weighted by Crippen LogP contribution is 2.14. The van der Waals surface area contributed by atoms with Gasteiger partial charge in [-0.3, -0.25) is 9.89 Å². The number of amides is 1. The third-order valence-corrected chi connectivity index (χ3v) is 4.79. The van der Waals surface area contributed by atoms with E-state index in [9.17, 15) is 13.2 Å². The summed E-state index contributed by atoms with van der Waals surface area (Å²) in [4.78, 5) is 11.9. The Morgan fingerprint density at radius 1 is 1.56 bits per heavy atom. The fourth-order valence-corrected chi connectivity index (χ4v) is 3.59. The molecule has 0 unspecified atom stereocenters. The summed E-state index contributed by atoms with van der Waals surface area (Å²) in [5, 5.41) is 9.43. The van der Waals surface area contributed by atoms with Crippen LogP contribution in [0.1, 0.15) is 42.4 Å². The smallest absolute Gasteiger partial charge is 0.272 e. The van der Waals surface area contributed by atoms with Crippen LogP contribution >= 0.6 is 0 Å². The Morgan fingerprint density at radius 3 is 2.78 bits per heavy atom. The zero-order chi connectivity index (χ0) is 13.3. The number of sulfone groups is 1. The zero-order valence-corrected chi connectivity index (χ0v) is 11.3. The third-order valence-electron chi connectivity index (χ3n) is 3.02. The molecule has 0 bridgehead atoms. The minimum absolute atomic E-state index is 0.0280. The highest BCUT2D eigenvalue weighted by molar-refractivity contribution is 7.91. The first-order chi connectivity index (χ1) is 8.37. The van der Waals surface area contributed by atoms with E-state index in [1.165, 1.54) is 0 Å². The lowest BCUT2D eigenvalue weighted by molar-refractivity contribution is 0.0936. The molecule has 2 N–H and O–H groups in total. The predicted octanol–water partition coefficient (Wildman–Crippen LogP) is 0.450. The molecule has 18 heavy (non-hydrogen) atoms. The molecule has 2 rings (SSSR count). The Labute approximate surface area is 106 Å². The van der Waals surface area contributed by atoms with E-state index in [1.54, 1.807) is 6.07 Å². The quantitative estimate of drug-likeness (QED) is 0.835. The number of nitrogens with zero attached hydrogens (tertiary/aromatic N) is 1. The van der Waals surface area contributed by atoms with Crippen LogP contribution in [-0.2, 0) is 9.84 Å². The third kappa shape index (κ3) is 2.90. The maximum absolute atomic E-state index is 11.9. The van der Waals surface area contributed by atoms with Crippen molar-refractivity contribution in [3.05, 3.63) is 17.5 Å². The van der Waals surface area contributed by atoms with Crippen molar-refractivity contribution in [2.75, 3.05) is 11.5 Å². The minimum atomic E-state index is -2.97. The molecule has 1 amide bonds. The van der Waals surface area contributed by atoms with Gasteiger partial charge in [0.1, 0.15) is 5.69 Å². The van der Waals surface area contributed by atoms with E-state index in [1.807, 2.05) is 13.8 Å². The first-order valence-corrected chi connectivity index (χ1v) is 7.76. The van der Waals surface area contributed by atoms with E-state index in [4.69, 9.17) is 0 Å². The normalized spacial score (nSPS) is 22.3. The molecule has 1 aliphatic rings. The van der Waals surface area contributed by atoms with Gasteiger partial charge in [-0.1, -0.05) is 13.8 Å². The number of nitrogens with one attached hydrogen (secondary N) is 2. The topological polar surface area (TPSA) is 91.9 Å². The molecule has 6 nitrogen and oxygen atoms in total. The van der Waals surface area contributed by atoms with Crippen LogP contribution in [-0.4, -0.2) is 42.1 Å². The highest BCUT2D eigenvalue weighted by atomic mass is 32.2. The lowest BCUT2D eigenvalue weighted by atomic mass is 10.1. The van der Waals surface area contributed by atoms with Crippen LogP contribution in [0.15, 0.2) is 6.07 Å². The predicted molar refractivity (Wildman–Crippen MR) is 67.2 cm³/mol. The summed E-state index contributed by atoms with van der Waals surface area (Å²) < 4.78 is 22.6. The summed E-state index contributed by atoms with van der Waals surface area (Å²) in [6.45, 7) is 4.00. The summed E-state index contributed by atoms with van der Waals surface area (Å²) in [6, 6.07) is 1.41. The fraction of sp³-hybridized carbons (Fsp3) is 0.636. The van der Waals surface area contributed by atoms with Gasteiger partial charge in [0, 0.05) is 11.7 Å². The molecule has 0 aliphatic carbocycles. The lowest BCUT2D eigenvalue weighted by Crippen LogP contribution is -2.35. The highest BCUT2D eigenvalue weighted by Gasteiger charge is 2.29. The van der Waals surface area contributed by atoms with Crippen molar-refractivity contribution in [1.82, 2.24) is 15.5 Å². The number of aromatic amines is 1. The number of rotatable bonds is 3. The summed E-state index contributed by atoms with van der Waals surface area (Å²) in [5.74, 6) is 0.127. The summed E-state index contributed by atoms with van der Waals surface area (Å²) in [6.07, 6.45) is 0.482. The second kappa shape index (κ2) is 4.72. The zero-order valence-electron chi connectivity index (χ0n) is 10.4. The number of hydrogen-bond acceptors (Lipinski definition) is 4. The summed E-state index contributed by atoms with van der Waals surface area (Å²) >= 11 is 0. The Balaban J connectivity index is 2.00. The maximum Gasteiger partial charge on any atom is 0.272 e.